The lowest BCUT2D eigenvalue weighted by Gasteiger charge is -2.09. The molecule has 31 heavy (non-hydrogen) atoms. The number of rotatable bonds is 9. The van der Waals surface area contributed by atoms with Gasteiger partial charge in [-0.3, -0.25) is 9.59 Å². The summed E-state index contributed by atoms with van der Waals surface area (Å²) in [7, 11) is 0. The Morgan fingerprint density at radius 1 is 1.16 bits per heavy atom. The van der Waals surface area contributed by atoms with Gasteiger partial charge >= 0.3 is 0 Å². The molecule has 1 aromatic heterocycles. The highest BCUT2D eigenvalue weighted by Crippen LogP contribution is 2.18. The van der Waals surface area contributed by atoms with Crippen LogP contribution in [0, 0.1) is 12.7 Å². The first-order valence-corrected chi connectivity index (χ1v) is 10.5. The van der Waals surface area contributed by atoms with Crippen molar-refractivity contribution in [1.82, 2.24) is 20.1 Å². The summed E-state index contributed by atoms with van der Waals surface area (Å²) in [5, 5.41) is 14.2. The van der Waals surface area contributed by atoms with Gasteiger partial charge in [0.2, 0.25) is 5.91 Å². The van der Waals surface area contributed by atoms with Gasteiger partial charge in [-0.2, -0.15) is 0 Å². The lowest BCUT2D eigenvalue weighted by atomic mass is 10.2. The fourth-order valence-electron chi connectivity index (χ4n) is 2.73. The van der Waals surface area contributed by atoms with Crippen molar-refractivity contribution < 1.29 is 14.0 Å². The minimum Gasteiger partial charge on any atom is -0.345 e. The molecule has 0 bridgehead atoms. The number of anilines is 1. The second-order valence-corrected chi connectivity index (χ2v) is 7.61. The van der Waals surface area contributed by atoms with E-state index < -0.39 is 11.7 Å². The van der Waals surface area contributed by atoms with Crippen LogP contribution < -0.4 is 10.6 Å². The van der Waals surface area contributed by atoms with E-state index in [1.807, 2.05) is 31.2 Å². The number of allylic oxidation sites excluding steroid dienone is 1. The second kappa shape index (κ2) is 10.5. The molecule has 0 saturated heterocycles. The van der Waals surface area contributed by atoms with E-state index in [9.17, 15) is 14.0 Å². The van der Waals surface area contributed by atoms with Crippen LogP contribution in [-0.4, -0.2) is 32.3 Å². The minimum atomic E-state index is -0.594. The van der Waals surface area contributed by atoms with Crippen molar-refractivity contribution in [3.05, 3.63) is 84.0 Å². The molecular weight excluding hydrogens is 417 g/mol. The third kappa shape index (κ3) is 6.02. The standard InChI is InChI=1S/C22H22FN5O2S/c1-3-12-28-19(13-24-21(30)17-6-4-5-7-18(17)23)26-27-22(28)31-14-20(29)25-16-10-8-15(2)9-11-16/h3-11H,1,12-14H2,2H3,(H,24,30)(H,25,29). The summed E-state index contributed by atoms with van der Waals surface area (Å²) in [6.07, 6.45) is 1.67. The van der Waals surface area contributed by atoms with Crippen LogP contribution in [0.15, 0.2) is 66.3 Å². The fourth-order valence-corrected chi connectivity index (χ4v) is 3.50. The van der Waals surface area contributed by atoms with Gasteiger partial charge in [0, 0.05) is 12.2 Å². The van der Waals surface area contributed by atoms with E-state index in [0.717, 1.165) is 11.3 Å². The van der Waals surface area contributed by atoms with Gasteiger partial charge in [-0.15, -0.1) is 16.8 Å². The molecule has 0 unspecified atom stereocenters. The predicted octanol–water partition coefficient (Wildman–Crippen LogP) is 3.57. The highest BCUT2D eigenvalue weighted by atomic mass is 32.2. The topological polar surface area (TPSA) is 88.9 Å². The van der Waals surface area contributed by atoms with E-state index in [2.05, 4.69) is 27.4 Å². The first-order valence-electron chi connectivity index (χ1n) is 9.53. The maximum atomic E-state index is 13.8. The monoisotopic (exact) mass is 439 g/mol. The van der Waals surface area contributed by atoms with Crippen molar-refractivity contribution in [3.8, 4) is 0 Å². The molecule has 2 amide bonds. The van der Waals surface area contributed by atoms with Crippen LogP contribution in [0.5, 0.6) is 0 Å². The Morgan fingerprint density at radius 3 is 2.61 bits per heavy atom. The average Bonchev–Trinajstić information content (AvgIpc) is 3.14. The molecule has 0 fully saturated rings. The average molecular weight is 440 g/mol. The van der Waals surface area contributed by atoms with Crippen LogP contribution in [0.3, 0.4) is 0 Å². The molecule has 0 spiro atoms. The minimum absolute atomic E-state index is 0.0420. The first kappa shape index (κ1) is 22.2. The SMILES string of the molecule is C=CCn1c(CNC(=O)c2ccccc2F)nnc1SCC(=O)Nc1ccc(C)cc1. The number of carbonyl (C=O) groups excluding carboxylic acids is 2. The number of carbonyl (C=O) groups is 2. The van der Waals surface area contributed by atoms with E-state index in [4.69, 9.17) is 0 Å². The number of thioether (sulfide) groups is 1. The van der Waals surface area contributed by atoms with Crippen molar-refractivity contribution in [3.63, 3.8) is 0 Å². The molecule has 3 rings (SSSR count). The number of nitrogens with zero attached hydrogens (tertiary/aromatic N) is 3. The van der Waals surface area contributed by atoms with Crippen molar-refractivity contribution in [1.29, 1.82) is 0 Å². The Hall–Kier alpha value is -3.46. The lowest BCUT2D eigenvalue weighted by Crippen LogP contribution is -2.25. The Morgan fingerprint density at radius 2 is 1.90 bits per heavy atom. The number of aryl methyl sites for hydroxylation is 1. The van der Waals surface area contributed by atoms with E-state index >= 15 is 0 Å². The molecule has 160 valence electrons. The third-order valence-electron chi connectivity index (χ3n) is 4.30. The smallest absolute Gasteiger partial charge is 0.254 e. The summed E-state index contributed by atoms with van der Waals surface area (Å²) in [5.41, 5.74) is 1.79. The Kier molecular flexibility index (Phi) is 7.55. The van der Waals surface area contributed by atoms with E-state index in [1.165, 1.54) is 30.0 Å². The van der Waals surface area contributed by atoms with E-state index in [0.29, 0.717) is 17.5 Å². The quantitative estimate of drug-likeness (QED) is 0.393. The van der Waals surface area contributed by atoms with Gasteiger partial charge in [0.25, 0.3) is 5.91 Å². The molecule has 7 nitrogen and oxygen atoms in total. The van der Waals surface area contributed by atoms with Crippen LogP contribution in [0.1, 0.15) is 21.7 Å². The molecule has 9 heteroatoms. The fraction of sp³-hybridized carbons (Fsp3) is 0.182. The summed E-state index contributed by atoms with van der Waals surface area (Å²) in [6.45, 7) is 6.17. The third-order valence-corrected chi connectivity index (χ3v) is 5.27. The molecule has 3 aromatic rings. The van der Waals surface area contributed by atoms with E-state index in [-0.39, 0.29) is 23.8 Å². The molecular formula is C22H22FN5O2S. The number of amides is 2. The molecule has 2 N–H and O–H groups in total. The van der Waals surface area contributed by atoms with Crippen LogP contribution in [0.2, 0.25) is 0 Å². The highest BCUT2D eigenvalue weighted by molar-refractivity contribution is 7.99. The first-order chi connectivity index (χ1) is 15.0. The zero-order valence-corrected chi connectivity index (χ0v) is 17.8. The van der Waals surface area contributed by atoms with Crippen molar-refractivity contribution >= 4 is 29.3 Å². The molecule has 0 saturated carbocycles. The van der Waals surface area contributed by atoms with Crippen molar-refractivity contribution in [2.45, 2.75) is 25.2 Å². The summed E-state index contributed by atoms with van der Waals surface area (Å²) in [4.78, 5) is 24.5. The largest absolute Gasteiger partial charge is 0.345 e. The summed E-state index contributed by atoms with van der Waals surface area (Å²) in [6, 6.07) is 13.3. The zero-order chi connectivity index (χ0) is 22.2. The second-order valence-electron chi connectivity index (χ2n) is 6.66. The number of halogens is 1. The Bertz CT molecular complexity index is 1080. The van der Waals surface area contributed by atoms with Crippen molar-refractivity contribution in [2.24, 2.45) is 0 Å². The maximum Gasteiger partial charge on any atom is 0.254 e. The number of hydrogen-bond acceptors (Lipinski definition) is 5. The van der Waals surface area contributed by atoms with Gasteiger partial charge in [-0.05, 0) is 31.2 Å². The van der Waals surface area contributed by atoms with Crippen molar-refractivity contribution in [2.75, 3.05) is 11.1 Å². The van der Waals surface area contributed by atoms with E-state index in [1.54, 1.807) is 16.7 Å². The molecule has 0 atom stereocenters. The van der Waals surface area contributed by atoms with Crippen LogP contribution in [0.25, 0.3) is 0 Å². The highest BCUT2D eigenvalue weighted by Gasteiger charge is 2.16. The number of hydrogen-bond donors (Lipinski definition) is 2. The maximum absolute atomic E-state index is 13.8. The summed E-state index contributed by atoms with van der Waals surface area (Å²) < 4.78 is 15.5. The summed E-state index contributed by atoms with van der Waals surface area (Å²) in [5.74, 6) is -0.686. The van der Waals surface area contributed by atoms with Gasteiger partial charge in [0.1, 0.15) is 5.82 Å². The normalized spacial score (nSPS) is 10.5. The Balaban J connectivity index is 1.61. The summed E-state index contributed by atoms with van der Waals surface area (Å²) >= 11 is 1.23. The predicted molar refractivity (Wildman–Crippen MR) is 118 cm³/mol. The van der Waals surface area contributed by atoms with Crippen LogP contribution in [-0.2, 0) is 17.9 Å². The molecule has 0 aliphatic rings. The van der Waals surface area contributed by atoms with Gasteiger partial charge in [-0.1, -0.05) is 47.7 Å². The van der Waals surface area contributed by atoms with Crippen LogP contribution in [0.4, 0.5) is 10.1 Å². The Labute approximate surface area is 183 Å². The number of aromatic nitrogens is 3. The van der Waals surface area contributed by atoms with Gasteiger partial charge in [-0.25, -0.2) is 4.39 Å². The molecule has 2 aromatic carbocycles. The molecule has 0 aliphatic carbocycles. The molecule has 0 radical (unpaired) electrons. The van der Waals surface area contributed by atoms with Gasteiger partial charge in [0.15, 0.2) is 11.0 Å². The number of nitrogens with one attached hydrogen (secondary N) is 2. The van der Waals surface area contributed by atoms with Crippen LogP contribution >= 0.6 is 11.8 Å². The lowest BCUT2D eigenvalue weighted by molar-refractivity contribution is -0.113. The van der Waals surface area contributed by atoms with Gasteiger partial charge < -0.3 is 15.2 Å². The molecule has 1 heterocycles. The molecule has 0 aliphatic heterocycles. The number of benzene rings is 2. The zero-order valence-electron chi connectivity index (χ0n) is 17.0. The van der Waals surface area contributed by atoms with Gasteiger partial charge in [0.05, 0.1) is 17.9 Å².